The Bertz CT molecular complexity index is 61.1. The predicted molar refractivity (Wildman–Crippen MR) is 39.3 cm³/mol. The van der Waals surface area contributed by atoms with Gasteiger partial charge in [-0.2, -0.15) is 0 Å². The number of rotatable bonds is 0. The van der Waals surface area contributed by atoms with E-state index < -0.39 is 7.82 Å². The molecule has 0 rings (SSSR count). The van der Waals surface area contributed by atoms with Crippen LogP contribution < -0.4 is 0 Å². The topological polar surface area (TPSA) is 109 Å². The molecule has 0 amide bonds. The summed E-state index contributed by atoms with van der Waals surface area (Å²) in [6.07, 6.45) is 0. The van der Waals surface area contributed by atoms with Gasteiger partial charge >= 0.3 is 140 Å². The van der Waals surface area contributed by atoms with Crippen LogP contribution in [-0.4, -0.2) is 152 Å². The first-order valence-corrected chi connectivity index (χ1v) is 2.35. The maximum absolute atomic E-state index is 8.88. The van der Waals surface area contributed by atoms with Crippen molar-refractivity contribution in [2.24, 2.45) is 0 Å². The van der Waals surface area contributed by atoms with Gasteiger partial charge in [-0.05, 0) is 0 Å². The summed E-state index contributed by atoms with van der Waals surface area (Å²) in [5.41, 5.74) is 0. The Morgan fingerprint density at radius 1 is 1.00 bits per heavy atom. The van der Waals surface area contributed by atoms with E-state index in [0.29, 0.717) is 0 Å². The molecule has 0 heterocycles. The van der Waals surface area contributed by atoms with Gasteiger partial charge in [-0.25, -0.2) is 4.57 Å². The van der Waals surface area contributed by atoms with Crippen molar-refractivity contribution >= 4 is 140 Å². The molecule has 0 aliphatic carbocycles. The molecule has 0 atom stereocenters. The van der Waals surface area contributed by atoms with E-state index in [-0.39, 0.29) is 138 Å². The van der Waals surface area contributed by atoms with Crippen molar-refractivity contribution < 1.29 is 24.7 Å². The fraction of sp³-hybridized carbons (Fsp3) is 0. The number of hydrogen-bond acceptors (Lipinski definition) is 1. The van der Waals surface area contributed by atoms with Crippen LogP contribution in [0.15, 0.2) is 0 Å². The summed E-state index contributed by atoms with van der Waals surface area (Å²) >= 11 is 0. The molecule has 0 aromatic rings. The Kier molecular flexibility index (Phi) is 48.2. The van der Waals surface area contributed by atoms with Gasteiger partial charge in [-0.3, -0.25) is 0 Å². The van der Waals surface area contributed by atoms with Gasteiger partial charge in [0.2, 0.25) is 0 Å². The zero-order valence-electron chi connectivity index (χ0n) is 2.70. The van der Waals surface area contributed by atoms with Crippen LogP contribution in [-0.2, 0) is 4.57 Å². The van der Waals surface area contributed by atoms with Gasteiger partial charge in [0.15, 0.2) is 0 Å². The summed E-state index contributed by atoms with van der Waals surface area (Å²) in [7, 11) is -4.64. The Morgan fingerprint density at radius 2 is 1.00 bits per heavy atom. The molecule has 9 heteroatoms. The molecule has 0 spiro atoms. The fourth-order valence-electron chi connectivity index (χ4n) is 0. The summed E-state index contributed by atoms with van der Waals surface area (Å²) in [5, 5.41) is 0. The predicted octanol–water partition coefficient (Wildman–Crippen LogP) is -3.70. The molecule has 0 aromatic heterocycles. The molecule has 46 valence electrons. The van der Waals surface area contributed by atoms with Gasteiger partial charge < -0.3 is 20.2 Å². The van der Waals surface area contributed by atoms with Crippen LogP contribution in [0.1, 0.15) is 0 Å². The molecule has 0 unspecified atom stereocenters. The Balaban J connectivity index is -0.0000000133. The van der Waals surface area contributed by atoms with Crippen molar-refractivity contribution in [3.05, 3.63) is 0 Å². The zero-order valence-corrected chi connectivity index (χ0v) is 3.59. The quantitative estimate of drug-likeness (QED) is 0.288. The van der Waals surface area contributed by atoms with E-state index >= 15 is 0 Å². The van der Waals surface area contributed by atoms with E-state index in [1.54, 1.807) is 0 Å². The van der Waals surface area contributed by atoms with Crippen LogP contribution in [0, 0.1) is 0 Å². The molecule has 0 radical (unpaired) electrons. The molecule has 0 fully saturated rings. The van der Waals surface area contributed by atoms with E-state index in [0.717, 1.165) is 0 Å². The molecular weight excluding hydrogens is 212 g/mol. The van der Waals surface area contributed by atoms with Gasteiger partial charge in [0.25, 0.3) is 0 Å². The van der Waals surface area contributed by atoms with Crippen LogP contribution >= 0.6 is 7.82 Å². The van der Waals surface area contributed by atoms with Crippen molar-refractivity contribution in [3.8, 4) is 0 Å². The first-order valence-electron chi connectivity index (χ1n) is 0.783. The summed E-state index contributed by atoms with van der Waals surface area (Å²) in [4.78, 5) is 21.6. The molecule has 0 aliphatic heterocycles. The summed E-state index contributed by atoms with van der Waals surface area (Å²) in [6, 6.07) is 0. The molecule has 0 saturated carbocycles. The Hall–Kier alpha value is 4.34. The summed E-state index contributed by atoms with van der Waals surface area (Å²) < 4.78 is 8.88. The third-order valence-electron chi connectivity index (χ3n) is 0. The minimum atomic E-state index is -4.64. The van der Waals surface area contributed by atoms with Gasteiger partial charge in [0.05, 0.1) is 0 Å². The van der Waals surface area contributed by atoms with Crippen LogP contribution in [0.5, 0.6) is 0 Å². The molecular formula is H8K2NaO5P. The zero-order chi connectivity index (χ0) is 4.50. The monoisotopic (exact) mass is 220 g/mol. The molecule has 0 saturated heterocycles. The van der Waals surface area contributed by atoms with Crippen molar-refractivity contribution in [1.29, 1.82) is 0 Å². The van der Waals surface area contributed by atoms with Crippen LogP contribution in [0.25, 0.3) is 0 Å². The second-order valence-corrected chi connectivity index (χ2v) is 1.54. The molecule has 0 bridgehead atoms. The number of phosphoric acid groups is 1. The third-order valence-corrected chi connectivity index (χ3v) is 0. The van der Waals surface area contributed by atoms with E-state index in [2.05, 4.69) is 0 Å². The van der Waals surface area contributed by atoms with Crippen molar-refractivity contribution in [1.82, 2.24) is 0 Å². The first-order chi connectivity index (χ1) is 2.00. The maximum atomic E-state index is 8.88. The summed E-state index contributed by atoms with van der Waals surface area (Å²) in [6.45, 7) is 0. The van der Waals surface area contributed by atoms with Gasteiger partial charge in [0.1, 0.15) is 0 Å². The van der Waals surface area contributed by atoms with Crippen molar-refractivity contribution in [2.45, 2.75) is 0 Å². The minimum absolute atomic E-state index is 0. The normalized spacial score (nSPS) is 6.56. The average Bonchev–Trinajstić information content (AvgIpc) is 0.722. The SMILES string of the molecule is O.O=P(O)(O)O.[KH].[KH].[NaH]. The average molecular weight is 220 g/mol. The molecule has 9 heavy (non-hydrogen) atoms. The van der Waals surface area contributed by atoms with Crippen molar-refractivity contribution in [2.75, 3.05) is 0 Å². The van der Waals surface area contributed by atoms with E-state index in [1.165, 1.54) is 0 Å². The fourth-order valence-corrected chi connectivity index (χ4v) is 0. The van der Waals surface area contributed by atoms with Gasteiger partial charge in [0, 0.05) is 0 Å². The van der Waals surface area contributed by atoms with Crippen LogP contribution in [0.4, 0.5) is 0 Å². The van der Waals surface area contributed by atoms with E-state index in [4.69, 9.17) is 19.2 Å². The molecule has 5 N–H and O–H groups in total. The van der Waals surface area contributed by atoms with Gasteiger partial charge in [-0.15, -0.1) is 0 Å². The molecule has 0 aromatic carbocycles. The van der Waals surface area contributed by atoms with Gasteiger partial charge in [-0.1, -0.05) is 0 Å². The molecule has 0 aliphatic rings. The molecule has 5 nitrogen and oxygen atoms in total. The third kappa shape index (κ3) is 70.0. The Morgan fingerprint density at radius 3 is 1.00 bits per heavy atom. The standard InChI is InChI=1S/2K.Na.H3O4P.H2O.3H/c;;;1-5(2,3)4;;;;/h;;;(H3,1,2,3,4);1H2;;;. The van der Waals surface area contributed by atoms with Crippen LogP contribution in [0.2, 0.25) is 0 Å². The first kappa shape index (κ1) is 29.2. The van der Waals surface area contributed by atoms with Crippen molar-refractivity contribution in [3.63, 3.8) is 0 Å². The second-order valence-electron chi connectivity index (χ2n) is 0.513. The van der Waals surface area contributed by atoms with Crippen LogP contribution in [0.3, 0.4) is 0 Å². The van der Waals surface area contributed by atoms with E-state index in [1.807, 2.05) is 0 Å². The Labute approximate surface area is 160 Å². The second kappa shape index (κ2) is 14.8. The number of hydrogen-bond donors (Lipinski definition) is 3. The van der Waals surface area contributed by atoms with E-state index in [9.17, 15) is 0 Å². The summed E-state index contributed by atoms with van der Waals surface area (Å²) in [5.74, 6) is 0.